The summed E-state index contributed by atoms with van der Waals surface area (Å²) < 4.78 is 11.0. The maximum Gasteiger partial charge on any atom is 0.335 e. The number of nitrogens with zero attached hydrogens (tertiary/aromatic N) is 1. The Hall–Kier alpha value is -4.39. The van der Waals surface area contributed by atoms with Crippen molar-refractivity contribution in [3.05, 3.63) is 89.7 Å². The fraction of sp³-hybridized carbons (Fsp3) is 0.0417. The van der Waals surface area contributed by atoms with Gasteiger partial charge in [0, 0.05) is 5.56 Å². The number of nitrogens with one attached hydrogen (secondary N) is 1. The number of carbonyl (C=O) groups is 2. The van der Waals surface area contributed by atoms with E-state index in [2.05, 4.69) is 10.5 Å². The fourth-order valence-corrected chi connectivity index (χ4v) is 3.13. The average molecular weight is 414 g/mol. The first-order chi connectivity index (χ1) is 15.0. The number of hydrogen-bond acceptors (Lipinski definition) is 5. The summed E-state index contributed by atoms with van der Waals surface area (Å²) in [5.41, 5.74) is 3.78. The molecule has 4 rings (SSSR count). The second-order valence-corrected chi connectivity index (χ2v) is 6.68. The summed E-state index contributed by atoms with van der Waals surface area (Å²) in [5, 5.41) is 14.8. The van der Waals surface area contributed by atoms with Gasteiger partial charge in [-0.25, -0.2) is 10.2 Å². The van der Waals surface area contributed by atoms with Crippen LogP contribution in [0.3, 0.4) is 0 Å². The van der Waals surface area contributed by atoms with Crippen molar-refractivity contribution in [2.24, 2.45) is 5.10 Å². The first-order valence-corrected chi connectivity index (χ1v) is 9.39. The molecule has 0 atom stereocenters. The number of ether oxygens (including phenoxy) is 1. The lowest BCUT2D eigenvalue weighted by molar-refractivity contribution is 0.0696. The maximum absolute atomic E-state index is 12.6. The van der Waals surface area contributed by atoms with Gasteiger partial charge in [-0.2, -0.15) is 5.10 Å². The minimum Gasteiger partial charge on any atom is -0.496 e. The van der Waals surface area contributed by atoms with Crippen LogP contribution in [0, 0.1) is 0 Å². The van der Waals surface area contributed by atoms with Gasteiger partial charge in [-0.05, 0) is 47.2 Å². The molecule has 0 aliphatic carbocycles. The van der Waals surface area contributed by atoms with E-state index in [-0.39, 0.29) is 5.56 Å². The highest BCUT2D eigenvalue weighted by molar-refractivity contribution is 6.01. The van der Waals surface area contributed by atoms with Gasteiger partial charge in [0.15, 0.2) is 0 Å². The minimum absolute atomic E-state index is 0.198. The third kappa shape index (κ3) is 4.30. The van der Waals surface area contributed by atoms with Crippen LogP contribution in [-0.2, 0) is 0 Å². The number of furan rings is 1. The molecule has 0 saturated carbocycles. The Balaban J connectivity index is 1.47. The van der Waals surface area contributed by atoms with Gasteiger partial charge in [-0.1, -0.05) is 36.4 Å². The van der Waals surface area contributed by atoms with Crippen molar-refractivity contribution in [2.45, 2.75) is 0 Å². The summed E-state index contributed by atoms with van der Waals surface area (Å²) in [6.45, 7) is 0. The van der Waals surface area contributed by atoms with Crippen molar-refractivity contribution in [3.8, 4) is 17.1 Å². The van der Waals surface area contributed by atoms with Gasteiger partial charge in [0.2, 0.25) is 0 Å². The molecule has 0 aliphatic rings. The van der Waals surface area contributed by atoms with Gasteiger partial charge in [0.25, 0.3) is 5.91 Å². The minimum atomic E-state index is -0.988. The van der Waals surface area contributed by atoms with E-state index < -0.39 is 11.9 Å². The predicted molar refractivity (Wildman–Crippen MR) is 117 cm³/mol. The molecule has 1 aromatic heterocycles. The highest BCUT2D eigenvalue weighted by Crippen LogP contribution is 2.26. The molecular formula is C24H18N2O5. The van der Waals surface area contributed by atoms with Crippen LogP contribution in [0.25, 0.3) is 22.1 Å². The number of carboxylic acids is 1. The summed E-state index contributed by atoms with van der Waals surface area (Å²) in [5.74, 6) is 0.0491. The quantitative estimate of drug-likeness (QED) is 0.355. The largest absolute Gasteiger partial charge is 0.496 e. The molecule has 1 heterocycles. The molecule has 0 spiro atoms. The first kappa shape index (κ1) is 19.9. The number of methoxy groups -OCH3 is 1. The molecule has 3 aromatic carbocycles. The van der Waals surface area contributed by atoms with Crippen LogP contribution in [0.4, 0.5) is 0 Å². The zero-order valence-corrected chi connectivity index (χ0v) is 16.5. The Kier molecular flexibility index (Phi) is 5.49. The Labute approximate surface area is 177 Å². The molecule has 0 unspecified atom stereocenters. The predicted octanol–water partition coefficient (Wildman–Crippen LogP) is 4.57. The molecular weight excluding hydrogens is 396 g/mol. The zero-order chi connectivity index (χ0) is 21.8. The summed E-state index contributed by atoms with van der Waals surface area (Å²) in [6.07, 6.45) is 1.39. The number of fused-ring (bicyclic) bond motifs is 1. The van der Waals surface area contributed by atoms with Crippen LogP contribution in [0.1, 0.15) is 26.5 Å². The average Bonchev–Trinajstić information content (AvgIpc) is 3.27. The lowest BCUT2D eigenvalue weighted by Gasteiger charge is -2.09. The Morgan fingerprint density at radius 2 is 1.71 bits per heavy atom. The van der Waals surface area contributed by atoms with E-state index in [9.17, 15) is 9.59 Å². The van der Waals surface area contributed by atoms with Crippen LogP contribution >= 0.6 is 0 Å². The third-order valence-electron chi connectivity index (χ3n) is 4.71. The van der Waals surface area contributed by atoms with Crippen molar-refractivity contribution in [1.29, 1.82) is 0 Å². The molecule has 2 N–H and O–H groups in total. The number of rotatable bonds is 6. The van der Waals surface area contributed by atoms with E-state index >= 15 is 0 Å². The molecule has 7 nitrogen and oxygen atoms in total. The molecule has 1 amide bonds. The van der Waals surface area contributed by atoms with E-state index in [0.29, 0.717) is 22.8 Å². The summed E-state index contributed by atoms with van der Waals surface area (Å²) in [4.78, 5) is 23.5. The molecule has 154 valence electrons. The van der Waals surface area contributed by atoms with Crippen molar-refractivity contribution in [2.75, 3.05) is 7.11 Å². The summed E-state index contributed by atoms with van der Waals surface area (Å²) >= 11 is 0. The smallest absolute Gasteiger partial charge is 0.335 e. The molecule has 0 saturated heterocycles. The van der Waals surface area contributed by atoms with Crippen LogP contribution in [-0.4, -0.2) is 30.3 Å². The van der Waals surface area contributed by atoms with Gasteiger partial charge >= 0.3 is 5.97 Å². The fourth-order valence-electron chi connectivity index (χ4n) is 3.13. The van der Waals surface area contributed by atoms with E-state index in [0.717, 1.165) is 16.3 Å². The highest BCUT2D eigenvalue weighted by atomic mass is 16.5. The van der Waals surface area contributed by atoms with E-state index in [1.54, 1.807) is 30.3 Å². The number of benzene rings is 3. The van der Waals surface area contributed by atoms with Crippen molar-refractivity contribution < 1.29 is 23.8 Å². The van der Waals surface area contributed by atoms with E-state index in [4.69, 9.17) is 14.3 Å². The lowest BCUT2D eigenvalue weighted by Crippen LogP contribution is -2.18. The van der Waals surface area contributed by atoms with Gasteiger partial charge in [-0.3, -0.25) is 4.79 Å². The van der Waals surface area contributed by atoms with E-state index in [1.807, 2.05) is 30.3 Å². The second kappa shape index (κ2) is 8.54. The molecule has 0 fully saturated rings. The Bertz CT molecular complexity index is 1290. The number of carbonyl (C=O) groups excluding carboxylic acids is 1. The van der Waals surface area contributed by atoms with E-state index in [1.165, 1.54) is 25.5 Å². The van der Waals surface area contributed by atoms with Gasteiger partial charge in [0.05, 0.1) is 24.5 Å². The van der Waals surface area contributed by atoms with Crippen LogP contribution < -0.4 is 10.2 Å². The topological polar surface area (TPSA) is 101 Å². The zero-order valence-electron chi connectivity index (χ0n) is 16.5. The summed E-state index contributed by atoms with van der Waals surface area (Å²) in [6, 6.07) is 21.0. The van der Waals surface area contributed by atoms with Crippen molar-refractivity contribution >= 4 is 28.9 Å². The first-order valence-electron chi connectivity index (χ1n) is 9.39. The Morgan fingerprint density at radius 3 is 2.39 bits per heavy atom. The van der Waals surface area contributed by atoms with Crippen molar-refractivity contribution in [3.63, 3.8) is 0 Å². The number of hydrazone groups is 1. The molecule has 31 heavy (non-hydrogen) atoms. The number of carboxylic acid groups (broad SMARTS) is 1. The number of amides is 1. The molecule has 0 bridgehead atoms. The second-order valence-electron chi connectivity index (χ2n) is 6.68. The lowest BCUT2D eigenvalue weighted by atomic mass is 10.1. The normalized spacial score (nSPS) is 11.0. The Morgan fingerprint density at radius 1 is 1.00 bits per heavy atom. The monoisotopic (exact) mass is 414 g/mol. The standard InChI is InChI=1S/C24H18N2O5/c1-30-22-13-18-5-3-2-4-17(18)12-20(22)23(27)26-25-14-19-10-11-21(31-19)15-6-8-16(9-7-15)24(28)29/h2-14H,1H3,(H,26,27)(H,28,29)/b25-14-. The van der Waals surface area contributed by atoms with Crippen LogP contribution in [0.5, 0.6) is 5.75 Å². The number of aromatic carboxylic acids is 1. The molecule has 0 radical (unpaired) electrons. The number of hydrogen-bond donors (Lipinski definition) is 2. The SMILES string of the molecule is COc1cc2ccccc2cc1C(=O)N/N=C\c1ccc(-c2ccc(C(=O)O)cc2)o1. The maximum atomic E-state index is 12.6. The highest BCUT2D eigenvalue weighted by Gasteiger charge is 2.13. The van der Waals surface area contributed by atoms with Gasteiger partial charge < -0.3 is 14.3 Å². The van der Waals surface area contributed by atoms with Crippen LogP contribution in [0.15, 0.2) is 82.3 Å². The third-order valence-corrected chi connectivity index (χ3v) is 4.71. The van der Waals surface area contributed by atoms with Gasteiger partial charge in [0.1, 0.15) is 17.3 Å². The van der Waals surface area contributed by atoms with Crippen LogP contribution in [0.2, 0.25) is 0 Å². The molecule has 0 aliphatic heterocycles. The van der Waals surface area contributed by atoms with Crippen molar-refractivity contribution in [1.82, 2.24) is 5.43 Å². The van der Waals surface area contributed by atoms with Gasteiger partial charge in [-0.15, -0.1) is 0 Å². The summed E-state index contributed by atoms with van der Waals surface area (Å²) in [7, 11) is 1.51. The molecule has 7 heteroatoms. The molecule has 4 aromatic rings.